The largest absolute Gasteiger partial charge is 0.497 e. The average Bonchev–Trinajstić information content (AvgIpc) is 3.00. The molecular weight excluding hydrogens is 412 g/mol. The van der Waals surface area contributed by atoms with Gasteiger partial charge in [0, 0.05) is 24.9 Å². The van der Waals surface area contributed by atoms with E-state index in [2.05, 4.69) is 5.32 Å². The molecule has 0 radical (unpaired) electrons. The van der Waals surface area contributed by atoms with Gasteiger partial charge in [0.05, 0.1) is 17.7 Å². The highest BCUT2D eigenvalue weighted by molar-refractivity contribution is 7.93. The number of ether oxygens (including phenoxy) is 1. The van der Waals surface area contributed by atoms with Crippen LogP contribution in [-0.2, 0) is 21.2 Å². The quantitative estimate of drug-likeness (QED) is 0.515. The molecule has 0 spiro atoms. The molecule has 4 rings (SSSR count). The standard InChI is InChI=1S/C24H26N2O4S/c1-30-20-11-2-7-18(17-20)8-5-15-25-23(27)14-6-16-26-21-12-3-9-19-10-4-13-22(24(19)21)31(26,28)29/h2-4,7,9-13,17H,5-6,8,14-16H2,1H3,(H,25,27). The van der Waals surface area contributed by atoms with Gasteiger partial charge < -0.3 is 10.1 Å². The third-order valence-electron chi connectivity index (χ3n) is 5.54. The van der Waals surface area contributed by atoms with Crippen molar-refractivity contribution in [3.05, 3.63) is 66.2 Å². The van der Waals surface area contributed by atoms with E-state index < -0.39 is 10.0 Å². The van der Waals surface area contributed by atoms with Gasteiger partial charge in [-0.15, -0.1) is 0 Å². The third kappa shape index (κ3) is 4.37. The monoisotopic (exact) mass is 438 g/mol. The summed E-state index contributed by atoms with van der Waals surface area (Å²) in [6.45, 7) is 0.871. The molecular formula is C24H26N2O4S. The van der Waals surface area contributed by atoms with Crippen LogP contribution in [0.25, 0.3) is 10.8 Å². The molecule has 3 aromatic rings. The van der Waals surface area contributed by atoms with Gasteiger partial charge in [0.1, 0.15) is 5.75 Å². The summed E-state index contributed by atoms with van der Waals surface area (Å²) >= 11 is 0. The fourth-order valence-electron chi connectivity index (χ4n) is 4.02. The van der Waals surface area contributed by atoms with Crippen molar-refractivity contribution in [2.45, 2.75) is 30.6 Å². The van der Waals surface area contributed by atoms with Crippen LogP contribution < -0.4 is 14.4 Å². The van der Waals surface area contributed by atoms with Gasteiger partial charge in [-0.2, -0.15) is 0 Å². The molecule has 6 nitrogen and oxygen atoms in total. The SMILES string of the molecule is COc1cccc(CCCNC(=O)CCCN2c3cccc4cccc(c34)S2(=O)=O)c1. The molecule has 1 aliphatic heterocycles. The Balaban J connectivity index is 1.26. The number of carbonyl (C=O) groups is 1. The summed E-state index contributed by atoms with van der Waals surface area (Å²) in [6, 6.07) is 18.8. The molecule has 162 valence electrons. The first-order valence-corrected chi connectivity index (χ1v) is 11.9. The molecule has 1 heterocycles. The maximum atomic E-state index is 12.9. The molecule has 0 aliphatic carbocycles. The number of amides is 1. The van der Waals surface area contributed by atoms with Crippen LogP contribution >= 0.6 is 0 Å². The number of nitrogens with zero attached hydrogens (tertiary/aromatic N) is 1. The van der Waals surface area contributed by atoms with E-state index in [1.54, 1.807) is 19.2 Å². The molecule has 1 amide bonds. The first-order valence-electron chi connectivity index (χ1n) is 10.4. The Morgan fingerprint density at radius 1 is 1.03 bits per heavy atom. The van der Waals surface area contributed by atoms with E-state index in [0.717, 1.165) is 29.4 Å². The zero-order valence-corrected chi connectivity index (χ0v) is 18.3. The molecule has 1 N–H and O–H groups in total. The molecule has 0 saturated heterocycles. The zero-order valence-electron chi connectivity index (χ0n) is 17.5. The van der Waals surface area contributed by atoms with Crippen LogP contribution in [-0.4, -0.2) is 34.5 Å². The third-order valence-corrected chi connectivity index (χ3v) is 7.40. The lowest BCUT2D eigenvalue weighted by atomic mass is 10.1. The van der Waals surface area contributed by atoms with Crippen molar-refractivity contribution in [2.75, 3.05) is 24.5 Å². The topological polar surface area (TPSA) is 75.7 Å². The predicted octanol–water partition coefficient (Wildman–Crippen LogP) is 3.89. The van der Waals surface area contributed by atoms with Gasteiger partial charge in [-0.05, 0) is 54.5 Å². The number of rotatable bonds is 9. The van der Waals surface area contributed by atoms with E-state index in [1.165, 1.54) is 9.87 Å². The summed E-state index contributed by atoms with van der Waals surface area (Å²) in [5.74, 6) is 0.772. The number of aryl methyl sites for hydroxylation is 1. The summed E-state index contributed by atoms with van der Waals surface area (Å²) in [7, 11) is -1.92. The van der Waals surface area contributed by atoms with Gasteiger partial charge in [-0.25, -0.2) is 8.42 Å². The average molecular weight is 439 g/mol. The Kier molecular flexibility index (Phi) is 6.13. The van der Waals surface area contributed by atoms with Crippen LogP contribution in [0.2, 0.25) is 0 Å². The molecule has 0 saturated carbocycles. The van der Waals surface area contributed by atoms with E-state index in [9.17, 15) is 13.2 Å². The number of methoxy groups -OCH3 is 1. The van der Waals surface area contributed by atoms with Crippen molar-refractivity contribution in [3.63, 3.8) is 0 Å². The molecule has 31 heavy (non-hydrogen) atoms. The van der Waals surface area contributed by atoms with Gasteiger partial charge >= 0.3 is 0 Å². The minimum absolute atomic E-state index is 0.0574. The molecule has 0 atom stereocenters. The van der Waals surface area contributed by atoms with E-state index in [1.807, 2.05) is 48.5 Å². The lowest BCUT2D eigenvalue weighted by Gasteiger charge is -2.18. The fourth-order valence-corrected chi connectivity index (χ4v) is 5.77. The summed E-state index contributed by atoms with van der Waals surface area (Å²) < 4.78 is 32.6. The summed E-state index contributed by atoms with van der Waals surface area (Å²) in [6.07, 6.45) is 2.44. The first-order chi connectivity index (χ1) is 15.0. The normalized spacial score (nSPS) is 14.0. The van der Waals surface area contributed by atoms with Crippen LogP contribution in [0.4, 0.5) is 5.69 Å². The lowest BCUT2D eigenvalue weighted by Crippen LogP contribution is -2.30. The molecule has 0 fully saturated rings. The van der Waals surface area contributed by atoms with Crippen LogP contribution in [0.15, 0.2) is 65.6 Å². The van der Waals surface area contributed by atoms with Crippen LogP contribution in [0, 0.1) is 0 Å². The van der Waals surface area contributed by atoms with Crippen LogP contribution in [0.3, 0.4) is 0 Å². The number of benzene rings is 3. The van der Waals surface area contributed by atoms with Crippen molar-refractivity contribution >= 4 is 32.4 Å². The molecule has 0 unspecified atom stereocenters. The van der Waals surface area contributed by atoms with Crippen molar-refractivity contribution in [3.8, 4) is 5.75 Å². The minimum Gasteiger partial charge on any atom is -0.497 e. The van der Waals surface area contributed by atoms with Crippen LogP contribution in [0.5, 0.6) is 5.75 Å². The summed E-state index contributed by atoms with van der Waals surface area (Å²) in [5, 5.41) is 4.61. The number of carbonyl (C=O) groups excluding carboxylic acids is 1. The van der Waals surface area contributed by atoms with Gasteiger partial charge in [-0.3, -0.25) is 9.10 Å². The van der Waals surface area contributed by atoms with Crippen molar-refractivity contribution in [1.82, 2.24) is 5.32 Å². The highest BCUT2D eigenvalue weighted by atomic mass is 32.2. The number of nitrogens with one attached hydrogen (secondary N) is 1. The highest BCUT2D eigenvalue weighted by Crippen LogP contribution is 2.41. The second-order valence-electron chi connectivity index (χ2n) is 7.62. The van der Waals surface area contributed by atoms with E-state index >= 15 is 0 Å². The molecule has 3 aromatic carbocycles. The minimum atomic E-state index is -3.56. The number of hydrogen-bond donors (Lipinski definition) is 1. The van der Waals surface area contributed by atoms with Crippen molar-refractivity contribution in [1.29, 1.82) is 0 Å². The van der Waals surface area contributed by atoms with Gasteiger partial charge in [0.15, 0.2) is 0 Å². The molecule has 0 bridgehead atoms. The van der Waals surface area contributed by atoms with E-state index in [-0.39, 0.29) is 18.9 Å². The predicted molar refractivity (Wildman–Crippen MR) is 122 cm³/mol. The summed E-state index contributed by atoms with van der Waals surface area (Å²) in [4.78, 5) is 12.5. The summed E-state index contributed by atoms with van der Waals surface area (Å²) in [5.41, 5.74) is 1.87. The van der Waals surface area contributed by atoms with E-state index in [4.69, 9.17) is 4.74 Å². The zero-order chi connectivity index (χ0) is 21.8. The Bertz CT molecular complexity index is 1200. The molecule has 1 aliphatic rings. The molecule has 7 heteroatoms. The van der Waals surface area contributed by atoms with Gasteiger partial charge in [0.25, 0.3) is 10.0 Å². The smallest absolute Gasteiger partial charge is 0.265 e. The van der Waals surface area contributed by atoms with E-state index in [0.29, 0.717) is 23.5 Å². The second-order valence-corrected chi connectivity index (χ2v) is 9.45. The fraction of sp³-hybridized carbons (Fsp3) is 0.292. The number of hydrogen-bond acceptors (Lipinski definition) is 4. The van der Waals surface area contributed by atoms with Crippen molar-refractivity contribution in [2.24, 2.45) is 0 Å². The Hall–Kier alpha value is -3.06. The van der Waals surface area contributed by atoms with Crippen molar-refractivity contribution < 1.29 is 17.9 Å². The highest BCUT2D eigenvalue weighted by Gasteiger charge is 2.34. The van der Waals surface area contributed by atoms with Gasteiger partial charge in [0.2, 0.25) is 5.91 Å². The Morgan fingerprint density at radius 3 is 2.61 bits per heavy atom. The second kappa shape index (κ2) is 8.98. The van der Waals surface area contributed by atoms with Gasteiger partial charge in [-0.1, -0.05) is 36.4 Å². The first kappa shape index (κ1) is 21.2. The Morgan fingerprint density at radius 2 is 1.81 bits per heavy atom. The maximum Gasteiger partial charge on any atom is 0.265 e. The number of anilines is 1. The molecule has 0 aromatic heterocycles. The van der Waals surface area contributed by atoms with Crippen LogP contribution in [0.1, 0.15) is 24.8 Å². The Labute approximate surface area is 182 Å². The lowest BCUT2D eigenvalue weighted by molar-refractivity contribution is -0.121. The number of sulfonamides is 1. The maximum absolute atomic E-state index is 12.9.